The second-order valence-corrected chi connectivity index (χ2v) is 4.99. The van der Waals surface area contributed by atoms with Crippen molar-refractivity contribution < 1.29 is 14.9 Å². The molecular formula is C13H20BrNO3. The summed E-state index contributed by atoms with van der Waals surface area (Å²) in [5.41, 5.74) is 1.93. The molecule has 0 spiro atoms. The van der Waals surface area contributed by atoms with E-state index in [-0.39, 0.29) is 6.61 Å². The molecule has 1 aromatic rings. The fourth-order valence-electron chi connectivity index (χ4n) is 1.59. The normalized spacial score (nSPS) is 12.5. The number of ether oxygens (including phenoxy) is 1. The number of hydrogen-bond acceptors (Lipinski definition) is 4. The second kappa shape index (κ2) is 7.74. The largest absolute Gasteiger partial charge is 0.394 e. The Morgan fingerprint density at radius 1 is 1.39 bits per heavy atom. The minimum Gasteiger partial charge on any atom is -0.394 e. The van der Waals surface area contributed by atoms with Crippen LogP contribution < -0.4 is 4.90 Å². The zero-order valence-corrected chi connectivity index (χ0v) is 12.4. The molecule has 0 radical (unpaired) electrons. The van der Waals surface area contributed by atoms with Crippen LogP contribution >= 0.6 is 15.9 Å². The number of aliphatic hydroxyl groups is 2. The van der Waals surface area contributed by atoms with Crippen LogP contribution in [-0.2, 0) is 4.74 Å². The second-order valence-electron chi connectivity index (χ2n) is 4.14. The van der Waals surface area contributed by atoms with Crippen molar-refractivity contribution in [3.63, 3.8) is 0 Å². The third-order valence-electron chi connectivity index (χ3n) is 2.68. The molecule has 4 nitrogen and oxygen atoms in total. The van der Waals surface area contributed by atoms with E-state index in [0.717, 1.165) is 22.3 Å². The summed E-state index contributed by atoms with van der Waals surface area (Å²) in [6.07, 6.45) is -0.480. The average Bonchev–Trinajstić information content (AvgIpc) is 2.33. The average molecular weight is 318 g/mol. The molecule has 0 heterocycles. The molecule has 1 rings (SSSR count). The zero-order valence-electron chi connectivity index (χ0n) is 10.8. The molecule has 0 aliphatic rings. The standard InChI is InChI=1S/C13H20BrNO3/c1-10(17)12-4-3-11(9-13(12)14)15(2)5-7-18-8-6-16/h3-4,9-10,16-17H,5-8H2,1-2H3/t10-/m0/s1. The van der Waals surface area contributed by atoms with Crippen molar-refractivity contribution in [1.29, 1.82) is 0 Å². The van der Waals surface area contributed by atoms with Gasteiger partial charge in [-0.25, -0.2) is 0 Å². The first-order chi connectivity index (χ1) is 8.56. The lowest BCUT2D eigenvalue weighted by atomic mass is 10.1. The topological polar surface area (TPSA) is 52.9 Å². The molecule has 5 heteroatoms. The number of nitrogens with zero attached hydrogens (tertiary/aromatic N) is 1. The molecule has 0 saturated heterocycles. The fraction of sp³-hybridized carbons (Fsp3) is 0.538. The maximum absolute atomic E-state index is 9.55. The van der Waals surface area contributed by atoms with Crippen LogP contribution in [0.25, 0.3) is 0 Å². The Bertz CT molecular complexity index is 371. The lowest BCUT2D eigenvalue weighted by Crippen LogP contribution is -2.23. The van der Waals surface area contributed by atoms with Crippen LogP contribution in [-0.4, -0.2) is 43.6 Å². The highest BCUT2D eigenvalue weighted by Gasteiger charge is 2.08. The Morgan fingerprint density at radius 3 is 2.67 bits per heavy atom. The Labute approximate surface area is 116 Å². The quantitative estimate of drug-likeness (QED) is 0.755. The van der Waals surface area contributed by atoms with Gasteiger partial charge in [0.2, 0.25) is 0 Å². The number of likely N-dealkylation sites (N-methyl/N-ethyl adjacent to an activating group) is 1. The Morgan fingerprint density at radius 2 is 2.11 bits per heavy atom. The Hall–Kier alpha value is -0.620. The van der Waals surface area contributed by atoms with Crippen LogP contribution in [0.4, 0.5) is 5.69 Å². The molecule has 0 unspecified atom stereocenters. The van der Waals surface area contributed by atoms with Crippen LogP contribution in [0.2, 0.25) is 0 Å². The molecule has 0 bridgehead atoms. The van der Waals surface area contributed by atoms with E-state index in [1.165, 1.54) is 0 Å². The first-order valence-electron chi connectivity index (χ1n) is 5.93. The molecular weight excluding hydrogens is 298 g/mol. The minimum absolute atomic E-state index is 0.0539. The number of rotatable bonds is 7. The van der Waals surface area contributed by atoms with Crippen molar-refractivity contribution in [2.45, 2.75) is 13.0 Å². The summed E-state index contributed by atoms with van der Waals surface area (Å²) in [7, 11) is 1.98. The fourth-order valence-corrected chi connectivity index (χ4v) is 2.29. The predicted octanol–water partition coefficient (Wildman–Crippen LogP) is 1.95. The number of halogens is 1. The van der Waals surface area contributed by atoms with Crippen LogP contribution in [0.3, 0.4) is 0 Å². The maximum atomic E-state index is 9.55. The molecule has 102 valence electrons. The predicted molar refractivity (Wildman–Crippen MR) is 76.0 cm³/mol. The minimum atomic E-state index is -0.480. The van der Waals surface area contributed by atoms with Gasteiger partial charge in [-0.15, -0.1) is 0 Å². The SMILES string of the molecule is C[C@H](O)c1ccc(N(C)CCOCCO)cc1Br. The third kappa shape index (κ3) is 4.57. The Balaban J connectivity index is 2.58. The number of aliphatic hydroxyl groups excluding tert-OH is 2. The van der Waals surface area contributed by atoms with Crippen LogP contribution in [0.5, 0.6) is 0 Å². The van der Waals surface area contributed by atoms with E-state index in [9.17, 15) is 5.11 Å². The van der Waals surface area contributed by atoms with Crippen molar-refractivity contribution in [1.82, 2.24) is 0 Å². The van der Waals surface area contributed by atoms with Gasteiger partial charge in [-0.05, 0) is 24.6 Å². The summed E-state index contributed by atoms with van der Waals surface area (Å²) in [4.78, 5) is 2.06. The first kappa shape index (κ1) is 15.4. The smallest absolute Gasteiger partial charge is 0.0772 e. The highest BCUT2D eigenvalue weighted by Crippen LogP contribution is 2.27. The van der Waals surface area contributed by atoms with Crippen molar-refractivity contribution >= 4 is 21.6 Å². The summed E-state index contributed by atoms with van der Waals surface area (Å²) in [5, 5.41) is 18.1. The first-order valence-corrected chi connectivity index (χ1v) is 6.72. The van der Waals surface area contributed by atoms with E-state index in [1.807, 2.05) is 25.2 Å². The van der Waals surface area contributed by atoms with Crippen molar-refractivity contribution in [3.8, 4) is 0 Å². The van der Waals surface area contributed by atoms with E-state index >= 15 is 0 Å². The van der Waals surface area contributed by atoms with Gasteiger partial charge < -0.3 is 19.8 Å². The molecule has 0 saturated carbocycles. The number of benzene rings is 1. The van der Waals surface area contributed by atoms with Crippen molar-refractivity contribution in [3.05, 3.63) is 28.2 Å². The van der Waals surface area contributed by atoms with Gasteiger partial charge in [0.05, 0.1) is 25.9 Å². The van der Waals surface area contributed by atoms with Crippen molar-refractivity contribution in [2.75, 3.05) is 38.3 Å². The van der Waals surface area contributed by atoms with E-state index < -0.39 is 6.10 Å². The monoisotopic (exact) mass is 317 g/mol. The van der Waals surface area contributed by atoms with Gasteiger partial charge in [-0.3, -0.25) is 0 Å². The molecule has 1 aromatic carbocycles. The van der Waals surface area contributed by atoms with Gasteiger partial charge in [0.1, 0.15) is 0 Å². The summed E-state index contributed by atoms with van der Waals surface area (Å²) >= 11 is 3.46. The lowest BCUT2D eigenvalue weighted by Gasteiger charge is -2.20. The molecule has 0 aliphatic carbocycles. The van der Waals surface area contributed by atoms with Crippen LogP contribution in [0.15, 0.2) is 22.7 Å². The number of anilines is 1. The Kier molecular flexibility index (Phi) is 6.63. The summed E-state index contributed by atoms with van der Waals surface area (Å²) in [6, 6.07) is 5.86. The molecule has 1 atom stereocenters. The van der Waals surface area contributed by atoms with E-state index in [1.54, 1.807) is 6.92 Å². The van der Waals surface area contributed by atoms with Crippen LogP contribution in [0, 0.1) is 0 Å². The summed E-state index contributed by atoms with van der Waals surface area (Å²) in [6.45, 7) is 3.50. The third-order valence-corrected chi connectivity index (χ3v) is 3.37. The highest BCUT2D eigenvalue weighted by molar-refractivity contribution is 9.10. The molecule has 0 aliphatic heterocycles. The lowest BCUT2D eigenvalue weighted by molar-refractivity contribution is 0.0971. The molecule has 0 aromatic heterocycles. The van der Waals surface area contributed by atoms with Crippen molar-refractivity contribution in [2.24, 2.45) is 0 Å². The summed E-state index contributed by atoms with van der Waals surface area (Å²) < 4.78 is 6.12. The van der Waals surface area contributed by atoms with E-state index in [0.29, 0.717) is 13.2 Å². The zero-order chi connectivity index (χ0) is 13.5. The van der Waals surface area contributed by atoms with Gasteiger partial charge >= 0.3 is 0 Å². The molecule has 0 fully saturated rings. The van der Waals surface area contributed by atoms with Gasteiger partial charge in [0.15, 0.2) is 0 Å². The molecule has 18 heavy (non-hydrogen) atoms. The van der Waals surface area contributed by atoms with Gasteiger partial charge in [-0.1, -0.05) is 22.0 Å². The molecule has 0 amide bonds. The van der Waals surface area contributed by atoms with Crippen LogP contribution in [0.1, 0.15) is 18.6 Å². The van der Waals surface area contributed by atoms with E-state index in [2.05, 4.69) is 20.8 Å². The van der Waals surface area contributed by atoms with E-state index in [4.69, 9.17) is 9.84 Å². The molecule has 2 N–H and O–H groups in total. The van der Waals surface area contributed by atoms with Gasteiger partial charge in [0.25, 0.3) is 0 Å². The number of hydrogen-bond donors (Lipinski definition) is 2. The summed E-state index contributed by atoms with van der Waals surface area (Å²) in [5.74, 6) is 0. The van der Waals surface area contributed by atoms with Gasteiger partial charge in [0, 0.05) is 23.8 Å². The highest BCUT2D eigenvalue weighted by atomic mass is 79.9. The van der Waals surface area contributed by atoms with Gasteiger partial charge in [-0.2, -0.15) is 0 Å². The maximum Gasteiger partial charge on any atom is 0.0772 e.